The molecule has 164 valence electrons. The van der Waals surface area contributed by atoms with Crippen LogP contribution in [0.3, 0.4) is 0 Å². The minimum atomic E-state index is -3.87. The van der Waals surface area contributed by atoms with Gasteiger partial charge in [0.15, 0.2) is 0 Å². The Morgan fingerprint density at radius 2 is 1.44 bits per heavy atom. The van der Waals surface area contributed by atoms with E-state index in [4.69, 9.17) is 0 Å². The second-order valence-corrected chi connectivity index (χ2v) is 9.56. The van der Waals surface area contributed by atoms with Crippen LogP contribution in [0, 0.1) is 20.8 Å². The molecular weight excluding hydrogens is 426 g/mol. The number of phenolic OH excluding ortho intramolecular Hbond substituents is 3. The Balaban J connectivity index is 1.94. The number of aryl methyl sites for hydroxylation is 2. The lowest BCUT2D eigenvalue weighted by molar-refractivity contribution is 0.466. The van der Waals surface area contributed by atoms with E-state index in [0.717, 1.165) is 10.9 Å². The molecule has 0 saturated heterocycles. The van der Waals surface area contributed by atoms with Gasteiger partial charge in [0.25, 0.3) is 10.0 Å². The number of aromatic hydroxyl groups is 3. The molecule has 0 fully saturated rings. The van der Waals surface area contributed by atoms with Gasteiger partial charge >= 0.3 is 0 Å². The Hall–Kier alpha value is -3.71. The summed E-state index contributed by atoms with van der Waals surface area (Å²) >= 11 is 0. The normalized spacial score (nSPS) is 11.6. The van der Waals surface area contributed by atoms with Crippen molar-refractivity contribution in [3.05, 3.63) is 77.4 Å². The summed E-state index contributed by atoms with van der Waals surface area (Å²) in [6, 6.07) is 16.0. The van der Waals surface area contributed by atoms with Crippen molar-refractivity contribution >= 4 is 26.5 Å². The smallest absolute Gasteiger partial charge is 0.261 e. The maximum atomic E-state index is 13.0. The van der Waals surface area contributed by atoms with Gasteiger partial charge in [-0.25, -0.2) is 8.42 Å². The predicted octanol–water partition coefficient (Wildman–Crippen LogP) is 5.35. The summed E-state index contributed by atoms with van der Waals surface area (Å²) in [5.41, 5.74) is 2.71. The van der Waals surface area contributed by atoms with Gasteiger partial charge in [-0.2, -0.15) is 0 Å². The number of fused-ring (bicyclic) bond motifs is 1. The second kappa shape index (κ2) is 7.76. The van der Waals surface area contributed by atoms with Crippen LogP contribution in [0.2, 0.25) is 0 Å². The van der Waals surface area contributed by atoms with Crippen molar-refractivity contribution in [3.63, 3.8) is 0 Å². The molecule has 0 aliphatic rings. The van der Waals surface area contributed by atoms with Gasteiger partial charge in [-0.05, 0) is 79.1 Å². The topological polar surface area (TPSA) is 107 Å². The Morgan fingerprint density at radius 1 is 0.781 bits per heavy atom. The highest BCUT2D eigenvalue weighted by Crippen LogP contribution is 2.46. The van der Waals surface area contributed by atoms with Gasteiger partial charge in [-0.15, -0.1) is 0 Å². The average molecular weight is 450 g/mol. The first-order valence-electron chi connectivity index (χ1n) is 9.96. The summed E-state index contributed by atoms with van der Waals surface area (Å²) in [7, 11) is -3.87. The lowest BCUT2D eigenvalue weighted by Gasteiger charge is -2.19. The standard InChI is InChI=1S/C25H23NO5S/c1-14-4-9-19(10-5-14)32(30,31)26-21-12-15(2)25(29)23(16(21)3)24-20-13-18(27)8-6-17(20)7-11-22(24)28/h4-13,26-29H,1-3H3. The molecule has 6 nitrogen and oxygen atoms in total. The number of hydrogen-bond acceptors (Lipinski definition) is 5. The van der Waals surface area contributed by atoms with Crippen molar-refractivity contribution in [3.8, 4) is 28.4 Å². The zero-order valence-corrected chi connectivity index (χ0v) is 18.7. The maximum Gasteiger partial charge on any atom is 0.261 e. The summed E-state index contributed by atoms with van der Waals surface area (Å²) in [6.07, 6.45) is 0. The monoisotopic (exact) mass is 449 g/mol. The molecule has 32 heavy (non-hydrogen) atoms. The van der Waals surface area contributed by atoms with E-state index in [1.165, 1.54) is 30.3 Å². The van der Waals surface area contributed by atoms with Crippen LogP contribution >= 0.6 is 0 Å². The number of rotatable bonds is 4. The van der Waals surface area contributed by atoms with Crippen LogP contribution in [0.15, 0.2) is 65.6 Å². The average Bonchev–Trinajstić information content (AvgIpc) is 2.73. The summed E-state index contributed by atoms with van der Waals surface area (Å²) < 4.78 is 28.6. The third-order valence-corrected chi connectivity index (χ3v) is 6.94. The number of phenols is 3. The molecule has 0 atom stereocenters. The highest BCUT2D eigenvalue weighted by molar-refractivity contribution is 7.92. The van der Waals surface area contributed by atoms with Crippen LogP contribution < -0.4 is 4.72 Å². The molecule has 0 spiro atoms. The Labute approximate surface area is 186 Å². The molecular formula is C25H23NO5S. The molecule has 4 N–H and O–H groups in total. The van der Waals surface area contributed by atoms with Crippen LogP contribution in [-0.2, 0) is 10.0 Å². The van der Waals surface area contributed by atoms with E-state index in [2.05, 4.69) is 4.72 Å². The van der Waals surface area contributed by atoms with E-state index in [-0.39, 0.29) is 27.8 Å². The largest absolute Gasteiger partial charge is 0.508 e. The first-order valence-corrected chi connectivity index (χ1v) is 11.4. The quantitative estimate of drug-likeness (QED) is 0.314. The van der Waals surface area contributed by atoms with Gasteiger partial charge in [0.05, 0.1) is 10.6 Å². The number of anilines is 1. The highest BCUT2D eigenvalue weighted by Gasteiger charge is 2.23. The van der Waals surface area contributed by atoms with Gasteiger partial charge in [0.1, 0.15) is 17.2 Å². The van der Waals surface area contributed by atoms with E-state index in [1.54, 1.807) is 44.2 Å². The van der Waals surface area contributed by atoms with Gasteiger partial charge in [-0.1, -0.05) is 29.8 Å². The molecule has 0 aromatic heterocycles. The van der Waals surface area contributed by atoms with Crippen molar-refractivity contribution in [1.29, 1.82) is 0 Å². The zero-order valence-electron chi connectivity index (χ0n) is 17.8. The molecule has 0 unspecified atom stereocenters. The molecule has 0 aliphatic carbocycles. The lowest BCUT2D eigenvalue weighted by atomic mass is 9.91. The molecule has 0 aliphatic heterocycles. The third kappa shape index (κ3) is 3.71. The van der Waals surface area contributed by atoms with Gasteiger partial charge in [0.2, 0.25) is 0 Å². The SMILES string of the molecule is Cc1ccc(S(=O)(=O)Nc2cc(C)c(O)c(-c3c(O)ccc4ccc(O)cc34)c2C)cc1. The summed E-state index contributed by atoms with van der Waals surface area (Å²) in [4.78, 5) is 0.118. The second-order valence-electron chi connectivity index (χ2n) is 7.87. The van der Waals surface area contributed by atoms with Crippen molar-refractivity contribution in [2.75, 3.05) is 4.72 Å². The first-order chi connectivity index (χ1) is 15.1. The first kappa shape index (κ1) is 21.5. The van der Waals surface area contributed by atoms with Crippen molar-refractivity contribution in [1.82, 2.24) is 0 Å². The van der Waals surface area contributed by atoms with Gasteiger partial charge < -0.3 is 15.3 Å². The number of benzene rings is 4. The molecule has 0 radical (unpaired) electrons. The van der Waals surface area contributed by atoms with Crippen molar-refractivity contribution in [2.45, 2.75) is 25.7 Å². The lowest BCUT2D eigenvalue weighted by Crippen LogP contribution is -2.14. The third-order valence-electron chi connectivity index (χ3n) is 5.56. The molecule has 0 saturated carbocycles. The minimum absolute atomic E-state index is 0.00874. The van der Waals surface area contributed by atoms with Gasteiger partial charge in [0, 0.05) is 11.1 Å². The summed E-state index contributed by atoms with van der Waals surface area (Å²) in [5.74, 6) is -0.166. The Kier molecular flexibility index (Phi) is 5.22. The fourth-order valence-electron chi connectivity index (χ4n) is 3.79. The summed E-state index contributed by atoms with van der Waals surface area (Å²) in [6.45, 7) is 5.20. The fourth-order valence-corrected chi connectivity index (χ4v) is 4.91. The van der Waals surface area contributed by atoms with Crippen LogP contribution in [0.1, 0.15) is 16.7 Å². The van der Waals surface area contributed by atoms with E-state index >= 15 is 0 Å². The number of nitrogens with one attached hydrogen (secondary N) is 1. The number of hydrogen-bond donors (Lipinski definition) is 4. The highest BCUT2D eigenvalue weighted by atomic mass is 32.2. The molecule has 4 aromatic rings. The van der Waals surface area contributed by atoms with Gasteiger partial charge in [-0.3, -0.25) is 4.72 Å². The van der Waals surface area contributed by atoms with Crippen LogP contribution in [0.5, 0.6) is 17.2 Å². The molecule has 0 bridgehead atoms. The molecule has 0 heterocycles. The zero-order chi connectivity index (χ0) is 23.2. The molecule has 0 amide bonds. The molecule has 7 heteroatoms. The molecule has 4 rings (SSSR count). The van der Waals surface area contributed by atoms with Crippen LogP contribution in [-0.4, -0.2) is 23.7 Å². The summed E-state index contributed by atoms with van der Waals surface area (Å²) in [5, 5.41) is 32.9. The van der Waals surface area contributed by atoms with Crippen molar-refractivity contribution in [2.24, 2.45) is 0 Å². The minimum Gasteiger partial charge on any atom is -0.508 e. The predicted molar refractivity (Wildman–Crippen MR) is 126 cm³/mol. The van der Waals surface area contributed by atoms with E-state index in [1.807, 2.05) is 6.92 Å². The van der Waals surface area contributed by atoms with E-state index in [9.17, 15) is 23.7 Å². The Bertz CT molecular complexity index is 1450. The Morgan fingerprint density at radius 3 is 2.12 bits per heavy atom. The van der Waals surface area contributed by atoms with E-state index in [0.29, 0.717) is 27.6 Å². The fraction of sp³-hybridized carbons (Fsp3) is 0.120. The van der Waals surface area contributed by atoms with Crippen LogP contribution in [0.25, 0.3) is 21.9 Å². The number of sulfonamides is 1. The van der Waals surface area contributed by atoms with Crippen molar-refractivity contribution < 1.29 is 23.7 Å². The van der Waals surface area contributed by atoms with Crippen LogP contribution in [0.4, 0.5) is 5.69 Å². The molecule has 4 aromatic carbocycles. The maximum absolute atomic E-state index is 13.0. The van der Waals surface area contributed by atoms with E-state index < -0.39 is 10.0 Å².